The highest BCUT2D eigenvalue weighted by molar-refractivity contribution is 9.10. The number of aliphatic hydroxyl groups is 2. The third kappa shape index (κ3) is 2.82. The molecule has 0 unspecified atom stereocenters. The molecule has 0 aliphatic heterocycles. The van der Waals surface area contributed by atoms with Gasteiger partial charge in [-0.05, 0) is 40.8 Å². The van der Waals surface area contributed by atoms with Crippen molar-refractivity contribution >= 4 is 21.5 Å². The monoisotopic (exact) mass is 344 g/mol. The van der Waals surface area contributed by atoms with Crippen LogP contribution in [0.25, 0.3) is 5.57 Å². The molecule has 0 amide bonds. The number of rotatable bonds is 3. The van der Waals surface area contributed by atoms with E-state index in [-0.39, 0.29) is 12.5 Å². The predicted octanol–water partition coefficient (Wildman–Crippen LogP) is 3.74. The minimum absolute atomic E-state index is 0.101. The molecule has 0 saturated carbocycles. The standard InChI is InChI=1S/C18H17BrO2/c19-14-8-6-13(7-9-14)18-15(10-17(21)16(18)11-20)12-4-2-1-3-5-12/h1-9,15,17,20-21H,10-11H2/t15-,17-/m0/s1. The molecule has 0 fully saturated rings. The molecule has 3 rings (SSSR count). The van der Waals surface area contributed by atoms with Crippen LogP contribution in [0.1, 0.15) is 23.5 Å². The fourth-order valence-electron chi connectivity index (χ4n) is 3.08. The van der Waals surface area contributed by atoms with Crippen LogP contribution in [-0.2, 0) is 0 Å². The summed E-state index contributed by atoms with van der Waals surface area (Å²) in [4.78, 5) is 0. The van der Waals surface area contributed by atoms with Crippen LogP contribution in [0.15, 0.2) is 64.6 Å². The van der Waals surface area contributed by atoms with Crippen molar-refractivity contribution in [3.05, 3.63) is 75.8 Å². The van der Waals surface area contributed by atoms with Gasteiger partial charge >= 0.3 is 0 Å². The Labute approximate surface area is 132 Å². The molecule has 108 valence electrons. The number of halogens is 1. The first-order valence-corrected chi connectivity index (χ1v) is 7.82. The predicted molar refractivity (Wildman–Crippen MR) is 88.0 cm³/mol. The van der Waals surface area contributed by atoms with E-state index in [1.165, 1.54) is 5.56 Å². The van der Waals surface area contributed by atoms with Crippen LogP contribution in [0.5, 0.6) is 0 Å². The van der Waals surface area contributed by atoms with Crippen molar-refractivity contribution in [3.8, 4) is 0 Å². The summed E-state index contributed by atoms with van der Waals surface area (Å²) in [6.45, 7) is -0.101. The Hall–Kier alpha value is -1.42. The minimum atomic E-state index is -0.571. The summed E-state index contributed by atoms with van der Waals surface area (Å²) in [6.07, 6.45) is 0.0598. The van der Waals surface area contributed by atoms with Crippen LogP contribution in [0.2, 0.25) is 0 Å². The normalized spacial score (nSPS) is 21.9. The van der Waals surface area contributed by atoms with Gasteiger partial charge in [-0.1, -0.05) is 58.4 Å². The largest absolute Gasteiger partial charge is 0.392 e. The van der Waals surface area contributed by atoms with Crippen molar-refractivity contribution in [1.82, 2.24) is 0 Å². The molecule has 0 spiro atoms. The van der Waals surface area contributed by atoms with Gasteiger partial charge in [-0.3, -0.25) is 0 Å². The third-order valence-electron chi connectivity index (χ3n) is 4.08. The third-order valence-corrected chi connectivity index (χ3v) is 4.61. The maximum atomic E-state index is 10.3. The van der Waals surface area contributed by atoms with Gasteiger partial charge in [0.2, 0.25) is 0 Å². The molecule has 2 nitrogen and oxygen atoms in total. The molecule has 0 bridgehead atoms. The fraction of sp³-hybridized carbons (Fsp3) is 0.222. The van der Waals surface area contributed by atoms with Crippen LogP contribution >= 0.6 is 15.9 Å². The lowest BCUT2D eigenvalue weighted by molar-refractivity contribution is 0.187. The molecular weight excluding hydrogens is 328 g/mol. The van der Waals surface area contributed by atoms with Crippen molar-refractivity contribution in [2.24, 2.45) is 0 Å². The topological polar surface area (TPSA) is 40.5 Å². The summed E-state index contributed by atoms with van der Waals surface area (Å²) in [6, 6.07) is 18.2. The molecule has 2 N–H and O–H groups in total. The lowest BCUT2D eigenvalue weighted by atomic mass is 9.88. The summed E-state index contributed by atoms with van der Waals surface area (Å²) < 4.78 is 1.02. The molecule has 3 heteroatoms. The molecule has 0 saturated heterocycles. The van der Waals surface area contributed by atoms with Gasteiger partial charge in [0.05, 0.1) is 12.7 Å². The van der Waals surface area contributed by atoms with Crippen molar-refractivity contribution in [2.45, 2.75) is 18.4 Å². The van der Waals surface area contributed by atoms with E-state index < -0.39 is 6.10 Å². The van der Waals surface area contributed by atoms with Crippen molar-refractivity contribution in [3.63, 3.8) is 0 Å². The van der Waals surface area contributed by atoms with Gasteiger partial charge in [0.15, 0.2) is 0 Å². The molecule has 1 aliphatic carbocycles. The van der Waals surface area contributed by atoms with E-state index in [0.29, 0.717) is 6.42 Å². The second-order valence-corrected chi connectivity index (χ2v) is 6.23. The summed E-state index contributed by atoms with van der Waals surface area (Å²) in [5, 5.41) is 19.9. The second-order valence-electron chi connectivity index (χ2n) is 5.32. The van der Waals surface area contributed by atoms with Gasteiger partial charge < -0.3 is 10.2 Å². The number of allylic oxidation sites excluding steroid dienone is 1. The SMILES string of the molecule is OCC1=C(c2ccc(Br)cc2)[C@H](c2ccccc2)C[C@@H]1O. The molecule has 0 aromatic heterocycles. The highest BCUT2D eigenvalue weighted by Gasteiger charge is 2.33. The lowest BCUT2D eigenvalue weighted by Gasteiger charge is -2.16. The molecule has 1 aliphatic rings. The molecule has 2 aromatic carbocycles. The first kappa shape index (κ1) is 14.5. The number of hydrogen-bond acceptors (Lipinski definition) is 2. The number of aliphatic hydroxyl groups excluding tert-OH is 2. The van der Waals surface area contributed by atoms with Crippen LogP contribution < -0.4 is 0 Å². The van der Waals surface area contributed by atoms with Gasteiger partial charge in [-0.2, -0.15) is 0 Å². The smallest absolute Gasteiger partial charge is 0.0787 e. The Kier molecular flexibility index (Phi) is 4.24. The van der Waals surface area contributed by atoms with Crippen molar-refractivity contribution < 1.29 is 10.2 Å². The van der Waals surface area contributed by atoms with Crippen molar-refractivity contribution in [2.75, 3.05) is 6.61 Å². The van der Waals surface area contributed by atoms with Gasteiger partial charge in [0, 0.05) is 10.4 Å². The van der Waals surface area contributed by atoms with Gasteiger partial charge in [-0.15, -0.1) is 0 Å². The Bertz CT molecular complexity index is 647. The Morgan fingerprint density at radius 1 is 1.00 bits per heavy atom. The molecule has 0 heterocycles. The Balaban J connectivity index is 2.09. The van der Waals surface area contributed by atoms with E-state index in [4.69, 9.17) is 0 Å². The summed E-state index contributed by atoms with van der Waals surface area (Å²) in [5.74, 6) is 0.129. The quantitative estimate of drug-likeness (QED) is 0.890. The van der Waals surface area contributed by atoms with Crippen LogP contribution in [0.3, 0.4) is 0 Å². The maximum absolute atomic E-state index is 10.3. The van der Waals surface area contributed by atoms with E-state index in [1.54, 1.807) is 0 Å². The summed E-state index contributed by atoms with van der Waals surface area (Å²) in [7, 11) is 0. The zero-order valence-electron chi connectivity index (χ0n) is 11.5. The summed E-state index contributed by atoms with van der Waals surface area (Å²) >= 11 is 3.44. The van der Waals surface area contributed by atoms with Crippen LogP contribution in [0.4, 0.5) is 0 Å². The van der Waals surface area contributed by atoms with Gasteiger partial charge in [0.1, 0.15) is 0 Å². The van der Waals surface area contributed by atoms with Gasteiger partial charge in [0.25, 0.3) is 0 Å². The zero-order chi connectivity index (χ0) is 14.8. The van der Waals surface area contributed by atoms with E-state index in [1.807, 2.05) is 42.5 Å². The van der Waals surface area contributed by atoms with Gasteiger partial charge in [-0.25, -0.2) is 0 Å². The van der Waals surface area contributed by atoms with Crippen LogP contribution in [0, 0.1) is 0 Å². The molecular formula is C18H17BrO2. The molecule has 21 heavy (non-hydrogen) atoms. The average Bonchev–Trinajstić information content (AvgIpc) is 2.85. The maximum Gasteiger partial charge on any atom is 0.0787 e. The number of hydrogen-bond donors (Lipinski definition) is 2. The zero-order valence-corrected chi connectivity index (χ0v) is 13.1. The van der Waals surface area contributed by atoms with E-state index >= 15 is 0 Å². The average molecular weight is 345 g/mol. The first-order chi connectivity index (χ1) is 10.2. The van der Waals surface area contributed by atoms with Crippen LogP contribution in [-0.4, -0.2) is 22.9 Å². The highest BCUT2D eigenvalue weighted by atomic mass is 79.9. The Morgan fingerprint density at radius 2 is 1.67 bits per heavy atom. The minimum Gasteiger partial charge on any atom is -0.392 e. The lowest BCUT2D eigenvalue weighted by Crippen LogP contribution is -2.08. The van der Waals surface area contributed by atoms with E-state index in [9.17, 15) is 10.2 Å². The van der Waals surface area contributed by atoms with E-state index in [2.05, 4.69) is 28.1 Å². The Morgan fingerprint density at radius 3 is 2.29 bits per heavy atom. The van der Waals surface area contributed by atoms with Crippen molar-refractivity contribution in [1.29, 1.82) is 0 Å². The molecule has 0 radical (unpaired) electrons. The molecule has 2 aromatic rings. The van der Waals surface area contributed by atoms with E-state index in [0.717, 1.165) is 21.2 Å². The fourth-order valence-corrected chi connectivity index (χ4v) is 3.35. The first-order valence-electron chi connectivity index (χ1n) is 7.03. The second kappa shape index (κ2) is 6.14. The highest BCUT2D eigenvalue weighted by Crippen LogP contribution is 2.45. The number of benzene rings is 2. The summed E-state index contributed by atoms with van der Waals surface area (Å²) in [5.41, 5.74) is 4.04. The molecule has 2 atom stereocenters.